The van der Waals surface area contributed by atoms with Gasteiger partial charge in [-0.25, -0.2) is 0 Å². The van der Waals surface area contributed by atoms with E-state index >= 15 is 0 Å². The van der Waals surface area contributed by atoms with E-state index in [1.165, 1.54) is 0 Å². The van der Waals surface area contributed by atoms with Crippen molar-refractivity contribution in [2.24, 2.45) is 11.7 Å². The molecule has 0 aliphatic carbocycles. The predicted octanol–water partition coefficient (Wildman–Crippen LogP) is 1.94. The molecule has 98 valence electrons. The Labute approximate surface area is 107 Å². The Morgan fingerprint density at radius 3 is 2.89 bits per heavy atom. The van der Waals surface area contributed by atoms with Crippen molar-refractivity contribution in [3.05, 3.63) is 39.9 Å². The molecule has 1 fully saturated rings. The summed E-state index contributed by atoms with van der Waals surface area (Å²) in [5.41, 5.74) is 6.82. The number of piperidine rings is 1. The number of hydrogen-bond acceptors (Lipinski definition) is 4. The van der Waals surface area contributed by atoms with Crippen molar-refractivity contribution in [1.82, 2.24) is 4.90 Å². The van der Waals surface area contributed by atoms with E-state index in [0.717, 1.165) is 24.9 Å². The number of likely N-dealkylation sites (tertiary alicyclic amines) is 1. The summed E-state index contributed by atoms with van der Waals surface area (Å²) < 4.78 is 0. The van der Waals surface area contributed by atoms with Crippen molar-refractivity contribution in [1.29, 1.82) is 0 Å². The first-order valence-electron chi connectivity index (χ1n) is 6.28. The highest BCUT2D eigenvalue weighted by Gasteiger charge is 2.33. The second kappa shape index (κ2) is 5.46. The number of nitro benzene ring substituents is 1. The first-order valence-corrected chi connectivity index (χ1v) is 6.28. The normalized spacial score (nSPS) is 25.0. The fraction of sp³-hybridized carbons (Fsp3) is 0.538. The molecule has 0 bridgehead atoms. The van der Waals surface area contributed by atoms with Crippen LogP contribution in [0.15, 0.2) is 24.3 Å². The van der Waals surface area contributed by atoms with Crippen molar-refractivity contribution < 1.29 is 4.92 Å². The van der Waals surface area contributed by atoms with Gasteiger partial charge in [0.05, 0.1) is 4.92 Å². The largest absolute Gasteiger partial charge is 0.330 e. The summed E-state index contributed by atoms with van der Waals surface area (Å²) in [6.45, 7) is 1.54. The second-order valence-corrected chi connectivity index (χ2v) is 4.88. The van der Waals surface area contributed by atoms with E-state index in [1.807, 2.05) is 19.2 Å². The van der Waals surface area contributed by atoms with Crippen molar-refractivity contribution >= 4 is 5.69 Å². The van der Waals surface area contributed by atoms with Gasteiger partial charge in [-0.2, -0.15) is 0 Å². The molecule has 1 aromatic rings. The van der Waals surface area contributed by atoms with E-state index in [1.54, 1.807) is 12.1 Å². The molecule has 1 aromatic carbocycles. The minimum Gasteiger partial charge on any atom is -0.330 e. The van der Waals surface area contributed by atoms with Crippen LogP contribution in [0.5, 0.6) is 0 Å². The van der Waals surface area contributed by atoms with Gasteiger partial charge in [0.2, 0.25) is 0 Å². The average molecular weight is 249 g/mol. The molecule has 1 heterocycles. The van der Waals surface area contributed by atoms with Gasteiger partial charge in [-0.05, 0) is 38.9 Å². The number of benzene rings is 1. The van der Waals surface area contributed by atoms with Gasteiger partial charge in [-0.3, -0.25) is 15.0 Å². The number of nitro groups is 1. The quantitative estimate of drug-likeness (QED) is 0.656. The zero-order valence-corrected chi connectivity index (χ0v) is 10.6. The second-order valence-electron chi connectivity index (χ2n) is 4.88. The van der Waals surface area contributed by atoms with E-state index < -0.39 is 0 Å². The monoisotopic (exact) mass is 249 g/mol. The lowest BCUT2D eigenvalue weighted by molar-refractivity contribution is -0.386. The first-order chi connectivity index (χ1) is 8.65. The van der Waals surface area contributed by atoms with Crippen molar-refractivity contribution in [3.8, 4) is 0 Å². The highest BCUT2D eigenvalue weighted by molar-refractivity contribution is 5.42. The first kappa shape index (κ1) is 13.0. The van der Waals surface area contributed by atoms with Crippen LogP contribution in [-0.4, -0.2) is 30.0 Å². The van der Waals surface area contributed by atoms with E-state index in [2.05, 4.69) is 4.90 Å². The van der Waals surface area contributed by atoms with Gasteiger partial charge in [0.25, 0.3) is 5.69 Å². The van der Waals surface area contributed by atoms with Crippen LogP contribution in [0.2, 0.25) is 0 Å². The molecule has 2 N–H and O–H groups in total. The fourth-order valence-electron chi connectivity index (χ4n) is 2.90. The highest BCUT2D eigenvalue weighted by Crippen LogP contribution is 2.38. The molecule has 2 atom stereocenters. The zero-order valence-electron chi connectivity index (χ0n) is 10.6. The smallest absolute Gasteiger partial charge is 0.274 e. The zero-order chi connectivity index (χ0) is 13.1. The number of nitrogens with zero attached hydrogens (tertiary/aromatic N) is 2. The maximum atomic E-state index is 11.1. The molecule has 2 rings (SSSR count). The summed E-state index contributed by atoms with van der Waals surface area (Å²) in [7, 11) is 2.02. The maximum absolute atomic E-state index is 11.1. The van der Waals surface area contributed by atoms with Gasteiger partial charge >= 0.3 is 0 Å². The van der Waals surface area contributed by atoms with Gasteiger partial charge in [0, 0.05) is 17.7 Å². The van der Waals surface area contributed by atoms with Crippen LogP contribution in [0.1, 0.15) is 24.4 Å². The van der Waals surface area contributed by atoms with Crippen LogP contribution >= 0.6 is 0 Å². The van der Waals surface area contributed by atoms with Crippen LogP contribution in [-0.2, 0) is 0 Å². The van der Waals surface area contributed by atoms with Gasteiger partial charge in [0.1, 0.15) is 0 Å². The molecule has 5 nitrogen and oxygen atoms in total. The van der Waals surface area contributed by atoms with E-state index in [4.69, 9.17) is 5.73 Å². The Bertz CT molecular complexity index is 436. The number of hydrogen-bond donors (Lipinski definition) is 1. The number of para-hydroxylation sites is 1. The van der Waals surface area contributed by atoms with Crippen LogP contribution in [0.3, 0.4) is 0 Å². The Hall–Kier alpha value is -1.46. The molecule has 0 saturated carbocycles. The van der Waals surface area contributed by atoms with E-state index in [-0.39, 0.29) is 16.7 Å². The van der Waals surface area contributed by atoms with Crippen LogP contribution in [0.4, 0.5) is 5.69 Å². The minimum atomic E-state index is -0.300. The van der Waals surface area contributed by atoms with Gasteiger partial charge in [-0.15, -0.1) is 0 Å². The third-order valence-corrected chi connectivity index (χ3v) is 3.76. The fourth-order valence-corrected chi connectivity index (χ4v) is 2.90. The summed E-state index contributed by atoms with van der Waals surface area (Å²) in [6, 6.07) is 7.06. The molecule has 5 heteroatoms. The van der Waals surface area contributed by atoms with Crippen LogP contribution in [0, 0.1) is 16.0 Å². The summed E-state index contributed by atoms with van der Waals surface area (Å²) in [6.07, 6.45) is 2.15. The van der Waals surface area contributed by atoms with Crippen molar-refractivity contribution in [2.75, 3.05) is 20.1 Å². The SMILES string of the molecule is CN1CCCC(CN)C1c1ccccc1[N+](=O)[O-]. The number of nitrogens with two attached hydrogens (primary N) is 1. The molecular weight excluding hydrogens is 230 g/mol. The lowest BCUT2D eigenvalue weighted by atomic mass is 9.84. The highest BCUT2D eigenvalue weighted by atomic mass is 16.6. The van der Waals surface area contributed by atoms with Gasteiger partial charge in [-0.1, -0.05) is 18.2 Å². The maximum Gasteiger partial charge on any atom is 0.274 e. The minimum absolute atomic E-state index is 0.0605. The van der Waals surface area contributed by atoms with E-state index in [0.29, 0.717) is 12.5 Å². The third-order valence-electron chi connectivity index (χ3n) is 3.76. The molecule has 0 amide bonds. The standard InChI is InChI=1S/C13H19N3O2/c1-15-8-4-5-10(9-14)13(15)11-6-2-3-7-12(11)16(17)18/h2-3,6-7,10,13H,4-5,8-9,14H2,1H3. The molecule has 2 unspecified atom stereocenters. The summed E-state index contributed by atoms with van der Waals surface area (Å²) in [4.78, 5) is 13.0. The molecule has 0 spiro atoms. The molecule has 1 saturated heterocycles. The predicted molar refractivity (Wildman–Crippen MR) is 70.2 cm³/mol. The van der Waals surface area contributed by atoms with Crippen LogP contribution < -0.4 is 5.73 Å². The Morgan fingerprint density at radius 2 is 2.22 bits per heavy atom. The van der Waals surface area contributed by atoms with E-state index in [9.17, 15) is 10.1 Å². The lowest BCUT2D eigenvalue weighted by Crippen LogP contribution is -2.39. The molecule has 0 aromatic heterocycles. The average Bonchev–Trinajstić information content (AvgIpc) is 2.38. The molecule has 1 aliphatic rings. The summed E-state index contributed by atoms with van der Waals surface area (Å²) in [5.74, 6) is 0.296. The van der Waals surface area contributed by atoms with Crippen molar-refractivity contribution in [2.45, 2.75) is 18.9 Å². The summed E-state index contributed by atoms with van der Waals surface area (Å²) in [5, 5.41) is 11.1. The molecule has 18 heavy (non-hydrogen) atoms. The van der Waals surface area contributed by atoms with Gasteiger partial charge < -0.3 is 5.73 Å². The van der Waals surface area contributed by atoms with Gasteiger partial charge in [0.15, 0.2) is 0 Å². The van der Waals surface area contributed by atoms with Crippen LogP contribution in [0.25, 0.3) is 0 Å². The Kier molecular flexibility index (Phi) is 3.93. The Balaban J connectivity index is 2.41. The Morgan fingerprint density at radius 1 is 1.50 bits per heavy atom. The topological polar surface area (TPSA) is 72.4 Å². The lowest BCUT2D eigenvalue weighted by Gasteiger charge is -2.38. The number of rotatable bonds is 3. The molecule has 1 aliphatic heterocycles. The molecular formula is C13H19N3O2. The third kappa shape index (κ3) is 2.37. The molecule has 0 radical (unpaired) electrons. The van der Waals surface area contributed by atoms with Crippen molar-refractivity contribution in [3.63, 3.8) is 0 Å². The summed E-state index contributed by atoms with van der Waals surface area (Å²) >= 11 is 0.